The molecule has 1 aliphatic rings. The van der Waals surface area contributed by atoms with Crippen LogP contribution in [0.15, 0.2) is 29.6 Å². The fraction of sp³-hybridized carbons (Fsp3) is 0.471. The van der Waals surface area contributed by atoms with Crippen LogP contribution in [0.4, 0.5) is 10.5 Å². The van der Waals surface area contributed by atoms with Crippen molar-refractivity contribution in [2.45, 2.75) is 32.3 Å². The van der Waals surface area contributed by atoms with Crippen molar-refractivity contribution in [1.29, 1.82) is 0 Å². The monoisotopic (exact) mass is 346 g/mol. The Morgan fingerprint density at radius 3 is 2.96 bits per heavy atom. The van der Waals surface area contributed by atoms with Crippen LogP contribution in [0.3, 0.4) is 0 Å². The minimum absolute atomic E-state index is 0.0668. The number of piperidine rings is 1. The molecule has 128 valence electrons. The summed E-state index contributed by atoms with van der Waals surface area (Å²) < 4.78 is 9.65. The average molecular weight is 346 g/mol. The molecule has 1 fully saturated rings. The maximum absolute atomic E-state index is 12.4. The Morgan fingerprint density at radius 1 is 1.42 bits per heavy atom. The number of anilines is 1. The molecule has 2 aromatic rings. The van der Waals surface area contributed by atoms with Crippen LogP contribution in [-0.4, -0.2) is 46.3 Å². The lowest BCUT2D eigenvalue weighted by molar-refractivity contribution is 0.0115. The van der Waals surface area contributed by atoms with Crippen molar-refractivity contribution in [2.24, 2.45) is 0 Å². The molecule has 1 unspecified atom stereocenters. The predicted molar refractivity (Wildman–Crippen MR) is 95.2 cm³/mol. The van der Waals surface area contributed by atoms with Gasteiger partial charge in [0.25, 0.3) is 0 Å². The van der Waals surface area contributed by atoms with Crippen LogP contribution in [0.25, 0.3) is 11.3 Å². The second kappa shape index (κ2) is 8.21. The minimum atomic E-state index is -0.0668. The molecule has 6 nitrogen and oxygen atoms in total. The van der Waals surface area contributed by atoms with E-state index in [4.69, 9.17) is 4.74 Å². The number of ether oxygens (including phenoxy) is 1. The first-order valence-corrected chi connectivity index (χ1v) is 9.15. The molecule has 3 rings (SSSR count). The number of carbonyl (C=O) groups is 1. The first kappa shape index (κ1) is 16.9. The number of carbonyl (C=O) groups excluding carboxylic acids is 1. The van der Waals surface area contributed by atoms with Crippen LogP contribution >= 0.6 is 11.5 Å². The van der Waals surface area contributed by atoms with Gasteiger partial charge in [-0.05, 0) is 42.9 Å². The molecular formula is C17H22N4O2S. The number of rotatable bonds is 5. The largest absolute Gasteiger partial charge is 0.376 e. The zero-order valence-corrected chi connectivity index (χ0v) is 14.6. The maximum Gasteiger partial charge on any atom is 0.321 e. The first-order valence-electron chi connectivity index (χ1n) is 8.31. The van der Waals surface area contributed by atoms with Gasteiger partial charge in [0.2, 0.25) is 0 Å². The molecule has 1 N–H and O–H groups in total. The summed E-state index contributed by atoms with van der Waals surface area (Å²) in [4.78, 5) is 14.3. The zero-order valence-electron chi connectivity index (χ0n) is 13.8. The van der Waals surface area contributed by atoms with Crippen LogP contribution in [0.1, 0.15) is 26.2 Å². The number of amides is 2. The highest BCUT2D eigenvalue weighted by molar-refractivity contribution is 7.03. The van der Waals surface area contributed by atoms with Gasteiger partial charge in [0.05, 0.1) is 6.10 Å². The third-order valence-corrected chi connectivity index (χ3v) is 4.52. The molecule has 0 aliphatic carbocycles. The minimum Gasteiger partial charge on any atom is -0.376 e. The number of hydrogen-bond donors (Lipinski definition) is 1. The van der Waals surface area contributed by atoms with E-state index in [1.807, 2.05) is 34.5 Å². The van der Waals surface area contributed by atoms with Crippen LogP contribution in [-0.2, 0) is 4.74 Å². The summed E-state index contributed by atoms with van der Waals surface area (Å²) in [5, 5.41) is 8.90. The fourth-order valence-corrected chi connectivity index (χ4v) is 3.23. The fourth-order valence-electron chi connectivity index (χ4n) is 2.76. The molecule has 1 aromatic heterocycles. The van der Waals surface area contributed by atoms with Crippen LogP contribution in [0.5, 0.6) is 0 Å². The summed E-state index contributed by atoms with van der Waals surface area (Å²) in [7, 11) is 0. The van der Waals surface area contributed by atoms with Gasteiger partial charge in [0.15, 0.2) is 0 Å². The molecule has 2 amide bonds. The van der Waals surface area contributed by atoms with Crippen LogP contribution < -0.4 is 5.32 Å². The van der Waals surface area contributed by atoms with Crippen molar-refractivity contribution in [3.63, 3.8) is 0 Å². The number of nitrogens with one attached hydrogen (secondary N) is 1. The lowest BCUT2D eigenvalue weighted by Crippen LogP contribution is -2.45. The number of benzene rings is 1. The van der Waals surface area contributed by atoms with E-state index < -0.39 is 0 Å². The molecule has 0 bridgehead atoms. The highest BCUT2D eigenvalue weighted by Crippen LogP contribution is 2.21. The average Bonchev–Trinajstić information content (AvgIpc) is 3.15. The van der Waals surface area contributed by atoms with E-state index in [-0.39, 0.29) is 12.1 Å². The summed E-state index contributed by atoms with van der Waals surface area (Å²) in [6, 6.07) is 7.59. The lowest BCUT2D eigenvalue weighted by Gasteiger charge is -2.32. The molecular weight excluding hydrogens is 324 g/mol. The standard InChI is InChI=1S/C17H22N4O2S/c1-2-10-23-15-4-3-9-21(11-15)17(22)18-14-7-5-13(6-8-14)16-12-24-20-19-16/h5-8,12,15H,2-4,9-11H2,1H3,(H,18,22). The molecule has 0 radical (unpaired) electrons. The van der Waals surface area contributed by atoms with Crippen molar-refractivity contribution in [2.75, 3.05) is 25.0 Å². The second-order valence-corrected chi connectivity index (χ2v) is 6.49. The number of hydrogen-bond acceptors (Lipinski definition) is 5. The Balaban J connectivity index is 1.56. The molecule has 0 spiro atoms. The van der Waals surface area contributed by atoms with E-state index in [1.165, 1.54) is 11.5 Å². The van der Waals surface area contributed by atoms with Gasteiger partial charge < -0.3 is 15.0 Å². The third kappa shape index (κ3) is 4.30. The molecule has 0 saturated carbocycles. The molecule has 1 saturated heterocycles. The Kier molecular flexibility index (Phi) is 5.77. The molecule has 24 heavy (non-hydrogen) atoms. The summed E-state index contributed by atoms with van der Waals surface area (Å²) in [5.74, 6) is 0. The zero-order chi connectivity index (χ0) is 16.8. The van der Waals surface area contributed by atoms with Crippen LogP contribution in [0.2, 0.25) is 0 Å². The number of aromatic nitrogens is 2. The molecule has 1 atom stereocenters. The number of likely N-dealkylation sites (tertiary alicyclic amines) is 1. The Hall–Kier alpha value is -1.99. The van der Waals surface area contributed by atoms with Crippen molar-refractivity contribution in [1.82, 2.24) is 14.5 Å². The van der Waals surface area contributed by atoms with E-state index in [0.29, 0.717) is 6.54 Å². The van der Waals surface area contributed by atoms with Gasteiger partial charge in [-0.2, -0.15) is 0 Å². The van der Waals surface area contributed by atoms with Crippen molar-refractivity contribution in [3.8, 4) is 11.3 Å². The normalized spacial score (nSPS) is 17.7. The molecule has 1 aliphatic heterocycles. The summed E-state index contributed by atoms with van der Waals surface area (Å²) in [5.41, 5.74) is 2.63. The van der Waals surface area contributed by atoms with E-state index in [2.05, 4.69) is 21.8 Å². The van der Waals surface area contributed by atoms with E-state index in [9.17, 15) is 4.79 Å². The van der Waals surface area contributed by atoms with Crippen molar-refractivity contribution in [3.05, 3.63) is 29.6 Å². The first-order chi connectivity index (χ1) is 11.8. The van der Waals surface area contributed by atoms with E-state index in [0.717, 1.165) is 49.4 Å². The van der Waals surface area contributed by atoms with E-state index >= 15 is 0 Å². The van der Waals surface area contributed by atoms with Gasteiger partial charge >= 0.3 is 6.03 Å². The number of urea groups is 1. The summed E-state index contributed by atoms with van der Waals surface area (Å²) >= 11 is 1.32. The molecule has 1 aromatic carbocycles. The SMILES string of the molecule is CCCOC1CCCN(C(=O)Nc2ccc(-c3csnn3)cc2)C1. The van der Waals surface area contributed by atoms with Gasteiger partial charge in [0.1, 0.15) is 5.69 Å². The highest BCUT2D eigenvalue weighted by Gasteiger charge is 2.24. The van der Waals surface area contributed by atoms with E-state index in [1.54, 1.807) is 0 Å². The van der Waals surface area contributed by atoms with Gasteiger partial charge in [-0.15, -0.1) is 5.10 Å². The van der Waals surface area contributed by atoms with Gasteiger partial charge in [0, 0.05) is 36.3 Å². The maximum atomic E-state index is 12.4. The Morgan fingerprint density at radius 2 is 2.25 bits per heavy atom. The topological polar surface area (TPSA) is 67.3 Å². The molecule has 2 heterocycles. The molecule has 7 heteroatoms. The summed E-state index contributed by atoms with van der Waals surface area (Å²) in [6.07, 6.45) is 3.17. The van der Waals surface area contributed by atoms with Gasteiger partial charge in [-0.3, -0.25) is 0 Å². The summed E-state index contributed by atoms with van der Waals surface area (Å²) in [6.45, 7) is 4.29. The van der Waals surface area contributed by atoms with Crippen molar-refractivity contribution < 1.29 is 9.53 Å². The van der Waals surface area contributed by atoms with Crippen LogP contribution in [0, 0.1) is 0 Å². The second-order valence-electron chi connectivity index (χ2n) is 5.88. The van der Waals surface area contributed by atoms with Gasteiger partial charge in [-0.25, -0.2) is 4.79 Å². The quantitative estimate of drug-likeness (QED) is 0.898. The van der Waals surface area contributed by atoms with Crippen molar-refractivity contribution >= 4 is 23.3 Å². The highest BCUT2D eigenvalue weighted by atomic mass is 32.1. The van der Waals surface area contributed by atoms with Gasteiger partial charge in [-0.1, -0.05) is 23.5 Å². The Bertz CT molecular complexity index is 645. The third-order valence-electron chi connectivity index (χ3n) is 4.02. The predicted octanol–water partition coefficient (Wildman–Crippen LogP) is 3.63. The lowest BCUT2D eigenvalue weighted by atomic mass is 10.1. The Labute approximate surface area is 146 Å². The smallest absolute Gasteiger partial charge is 0.321 e. The number of nitrogens with zero attached hydrogens (tertiary/aromatic N) is 3.